The van der Waals surface area contributed by atoms with Crippen LogP contribution >= 0.6 is 0 Å². The molecule has 0 unspecified atom stereocenters. The molecular weight excluding hydrogens is 312 g/mol. The van der Waals surface area contributed by atoms with Gasteiger partial charge >= 0.3 is 11.9 Å². The van der Waals surface area contributed by atoms with Crippen LogP contribution in [0, 0.1) is 0 Å². The van der Waals surface area contributed by atoms with Gasteiger partial charge in [-0.3, -0.25) is 0 Å². The fourth-order valence-corrected chi connectivity index (χ4v) is 1.95. The van der Waals surface area contributed by atoms with E-state index in [-0.39, 0.29) is 17.9 Å². The van der Waals surface area contributed by atoms with Crippen molar-refractivity contribution in [1.29, 1.82) is 0 Å². The highest BCUT2D eigenvalue weighted by Gasteiger charge is 2.21. The largest absolute Gasteiger partial charge is 0.508 e. The standard InChI is InChI=1S/C18H16O6/c19-14-6-1-12(2-7-14)5-10-17(21)24-16(18(22)23)11-13-3-8-15(20)9-4-13/h1-10,16,19-20H,11H2,(H,22,23)/b10-5+/t16-/m0/s1. The lowest BCUT2D eigenvalue weighted by molar-refractivity contribution is -0.160. The number of phenols is 2. The zero-order chi connectivity index (χ0) is 17.5. The predicted octanol–water partition coefficient (Wildman–Crippen LogP) is 2.35. The zero-order valence-corrected chi connectivity index (χ0v) is 12.6. The van der Waals surface area contributed by atoms with Gasteiger partial charge in [-0.15, -0.1) is 0 Å². The molecule has 2 aromatic rings. The van der Waals surface area contributed by atoms with E-state index in [0.29, 0.717) is 11.1 Å². The summed E-state index contributed by atoms with van der Waals surface area (Å²) in [6.45, 7) is 0. The van der Waals surface area contributed by atoms with Gasteiger partial charge in [-0.25, -0.2) is 9.59 Å². The Morgan fingerprint density at radius 2 is 1.50 bits per heavy atom. The number of hydrogen-bond donors (Lipinski definition) is 3. The minimum atomic E-state index is -1.33. The molecule has 3 N–H and O–H groups in total. The Labute approximate surface area is 138 Å². The molecule has 6 nitrogen and oxygen atoms in total. The van der Waals surface area contributed by atoms with Crippen molar-refractivity contribution in [2.75, 3.05) is 0 Å². The third-order valence-corrected chi connectivity index (χ3v) is 3.20. The first-order valence-electron chi connectivity index (χ1n) is 7.12. The Hall–Kier alpha value is -3.28. The average molecular weight is 328 g/mol. The first kappa shape index (κ1) is 17.1. The quantitative estimate of drug-likeness (QED) is 0.555. The van der Waals surface area contributed by atoms with Gasteiger partial charge in [0, 0.05) is 12.5 Å². The number of esters is 1. The Morgan fingerprint density at radius 1 is 0.958 bits per heavy atom. The van der Waals surface area contributed by atoms with Crippen LogP contribution in [-0.2, 0) is 20.7 Å². The maximum atomic E-state index is 11.8. The number of aliphatic carboxylic acids is 1. The third-order valence-electron chi connectivity index (χ3n) is 3.20. The van der Waals surface area contributed by atoms with Gasteiger partial charge in [-0.1, -0.05) is 24.3 Å². The molecule has 0 bridgehead atoms. The van der Waals surface area contributed by atoms with Crippen molar-refractivity contribution < 1.29 is 29.6 Å². The van der Waals surface area contributed by atoms with Gasteiger partial charge in [0.15, 0.2) is 0 Å². The number of aromatic hydroxyl groups is 2. The molecule has 24 heavy (non-hydrogen) atoms. The molecule has 0 radical (unpaired) electrons. The second-order valence-corrected chi connectivity index (χ2v) is 5.06. The fraction of sp³-hybridized carbons (Fsp3) is 0.111. The lowest BCUT2D eigenvalue weighted by Gasteiger charge is -2.12. The summed E-state index contributed by atoms with van der Waals surface area (Å²) in [4.78, 5) is 23.0. The first-order chi connectivity index (χ1) is 11.4. The van der Waals surface area contributed by atoms with Gasteiger partial charge in [-0.05, 0) is 41.5 Å². The topological polar surface area (TPSA) is 104 Å². The second-order valence-electron chi connectivity index (χ2n) is 5.06. The highest BCUT2D eigenvalue weighted by molar-refractivity contribution is 5.89. The lowest BCUT2D eigenvalue weighted by atomic mass is 10.1. The van der Waals surface area contributed by atoms with Crippen molar-refractivity contribution in [3.8, 4) is 11.5 Å². The Kier molecular flexibility index (Phi) is 5.57. The molecular formula is C18H16O6. The number of phenolic OH excluding ortho intramolecular Hbond substituents is 2. The Morgan fingerprint density at radius 3 is 2.04 bits per heavy atom. The van der Waals surface area contributed by atoms with Crippen LogP contribution in [0.2, 0.25) is 0 Å². The summed E-state index contributed by atoms with van der Waals surface area (Å²) in [6.07, 6.45) is 1.25. The summed E-state index contributed by atoms with van der Waals surface area (Å²) in [5, 5.41) is 27.6. The lowest BCUT2D eigenvalue weighted by Crippen LogP contribution is -2.28. The number of rotatable bonds is 6. The van der Waals surface area contributed by atoms with Gasteiger partial charge in [0.05, 0.1) is 0 Å². The van der Waals surface area contributed by atoms with Gasteiger partial charge in [0.1, 0.15) is 11.5 Å². The molecule has 1 atom stereocenters. The fourth-order valence-electron chi connectivity index (χ4n) is 1.95. The van der Waals surface area contributed by atoms with Crippen molar-refractivity contribution in [1.82, 2.24) is 0 Å². The molecule has 0 aliphatic rings. The number of carboxylic acid groups (broad SMARTS) is 1. The highest BCUT2D eigenvalue weighted by Crippen LogP contribution is 2.14. The van der Waals surface area contributed by atoms with Gasteiger partial charge < -0.3 is 20.1 Å². The average Bonchev–Trinajstić information content (AvgIpc) is 2.55. The summed E-state index contributed by atoms with van der Waals surface area (Å²) >= 11 is 0. The molecule has 0 saturated carbocycles. The predicted molar refractivity (Wildman–Crippen MR) is 86.5 cm³/mol. The Bertz CT molecular complexity index is 731. The first-order valence-corrected chi connectivity index (χ1v) is 7.12. The van der Waals surface area contributed by atoms with Gasteiger partial charge in [0.25, 0.3) is 0 Å². The van der Waals surface area contributed by atoms with Crippen LogP contribution in [0.1, 0.15) is 11.1 Å². The molecule has 0 spiro atoms. The molecule has 2 rings (SSSR count). The van der Waals surface area contributed by atoms with E-state index in [1.807, 2.05) is 0 Å². The number of benzene rings is 2. The molecule has 0 fully saturated rings. The summed E-state index contributed by atoms with van der Waals surface area (Å²) in [6, 6.07) is 12.1. The minimum Gasteiger partial charge on any atom is -0.508 e. The maximum Gasteiger partial charge on any atom is 0.345 e. The number of carboxylic acids is 1. The van der Waals surface area contributed by atoms with Gasteiger partial charge in [0.2, 0.25) is 6.10 Å². The van der Waals surface area contributed by atoms with Crippen molar-refractivity contribution in [2.24, 2.45) is 0 Å². The number of carbonyl (C=O) groups excluding carboxylic acids is 1. The number of carbonyl (C=O) groups is 2. The Balaban J connectivity index is 1.99. The highest BCUT2D eigenvalue weighted by atomic mass is 16.6. The molecule has 2 aromatic carbocycles. The van der Waals surface area contributed by atoms with E-state index in [1.54, 1.807) is 24.3 Å². The minimum absolute atomic E-state index is 0.00555. The van der Waals surface area contributed by atoms with Crippen LogP contribution in [0.15, 0.2) is 54.6 Å². The van der Waals surface area contributed by atoms with Crippen LogP contribution < -0.4 is 0 Å². The van der Waals surface area contributed by atoms with E-state index < -0.39 is 18.0 Å². The van der Waals surface area contributed by atoms with Crippen LogP contribution in [0.5, 0.6) is 11.5 Å². The van der Waals surface area contributed by atoms with E-state index >= 15 is 0 Å². The molecule has 0 aliphatic carbocycles. The van der Waals surface area contributed by atoms with E-state index in [2.05, 4.69) is 0 Å². The molecule has 0 amide bonds. The SMILES string of the molecule is O=C(/C=C/c1ccc(O)cc1)O[C@@H](Cc1ccc(O)cc1)C(=O)O. The molecule has 0 aliphatic heterocycles. The summed E-state index contributed by atoms with van der Waals surface area (Å²) < 4.78 is 4.95. The van der Waals surface area contributed by atoms with Crippen molar-refractivity contribution in [3.05, 3.63) is 65.7 Å². The van der Waals surface area contributed by atoms with Crippen LogP contribution in [-0.4, -0.2) is 33.4 Å². The third kappa shape index (κ3) is 5.17. The van der Waals surface area contributed by atoms with Crippen LogP contribution in [0.3, 0.4) is 0 Å². The second kappa shape index (κ2) is 7.82. The smallest absolute Gasteiger partial charge is 0.345 e. The number of hydrogen-bond acceptors (Lipinski definition) is 5. The van der Waals surface area contributed by atoms with Crippen molar-refractivity contribution in [3.63, 3.8) is 0 Å². The zero-order valence-electron chi connectivity index (χ0n) is 12.6. The van der Waals surface area contributed by atoms with Gasteiger partial charge in [-0.2, -0.15) is 0 Å². The molecule has 124 valence electrons. The maximum absolute atomic E-state index is 11.8. The summed E-state index contributed by atoms with van der Waals surface area (Å²) in [5.74, 6) is -1.86. The summed E-state index contributed by atoms with van der Waals surface area (Å²) in [7, 11) is 0. The van der Waals surface area contributed by atoms with E-state index in [1.165, 1.54) is 30.3 Å². The van der Waals surface area contributed by atoms with Crippen LogP contribution in [0.4, 0.5) is 0 Å². The van der Waals surface area contributed by atoms with Crippen molar-refractivity contribution in [2.45, 2.75) is 12.5 Å². The van der Waals surface area contributed by atoms with Crippen molar-refractivity contribution >= 4 is 18.0 Å². The number of ether oxygens (including phenoxy) is 1. The molecule has 0 saturated heterocycles. The van der Waals surface area contributed by atoms with E-state index in [4.69, 9.17) is 4.74 Å². The van der Waals surface area contributed by atoms with Crippen LogP contribution in [0.25, 0.3) is 6.08 Å². The summed E-state index contributed by atoms with van der Waals surface area (Å²) in [5.41, 5.74) is 1.28. The molecule has 0 heterocycles. The molecule has 0 aromatic heterocycles. The molecule has 6 heteroatoms. The monoisotopic (exact) mass is 328 g/mol. The normalized spacial score (nSPS) is 12.0. The van der Waals surface area contributed by atoms with E-state index in [9.17, 15) is 24.9 Å². The van der Waals surface area contributed by atoms with E-state index in [0.717, 1.165) is 6.08 Å².